The number of hydrogen-bond donors (Lipinski definition) is 2. The van der Waals surface area contributed by atoms with Gasteiger partial charge < -0.3 is 19.5 Å². The number of carbonyl (C=O) groups is 1. The summed E-state index contributed by atoms with van der Waals surface area (Å²) in [5, 5.41) is 6.57. The van der Waals surface area contributed by atoms with Crippen molar-refractivity contribution in [2.45, 2.75) is 0 Å². The Bertz CT molecular complexity index is 717. The summed E-state index contributed by atoms with van der Waals surface area (Å²) < 4.78 is 15.7. The Morgan fingerprint density at radius 3 is 2.21 bits per heavy atom. The molecule has 0 bridgehead atoms. The summed E-state index contributed by atoms with van der Waals surface area (Å²) in [4.78, 5) is 11.8. The molecule has 0 saturated heterocycles. The van der Waals surface area contributed by atoms with Crippen molar-refractivity contribution < 1.29 is 19.0 Å². The third kappa shape index (κ3) is 4.39. The predicted molar refractivity (Wildman–Crippen MR) is 92.3 cm³/mol. The molecule has 0 unspecified atom stereocenters. The number of ether oxygens (including phenoxy) is 3. The largest absolute Gasteiger partial charge is 0.496 e. The second kappa shape index (κ2) is 8.42. The second-order valence-electron chi connectivity index (χ2n) is 4.64. The summed E-state index contributed by atoms with van der Waals surface area (Å²) in [5.74, 6) is 1.62. The van der Waals surface area contributed by atoms with Crippen LogP contribution in [0.5, 0.6) is 17.2 Å². The number of methoxy groups -OCH3 is 3. The average molecular weight is 329 g/mol. The van der Waals surface area contributed by atoms with E-state index in [1.54, 1.807) is 31.4 Å². The maximum atomic E-state index is 11.8. The lowest BCUT2D eigenvalue weighted by molar-refractivity contribution is 0.252. The van der Waals surface area contributed by atoms with Gasteiger partial charge in [-0.2, -0.15) is 5.10 Å². The first-order chi connectivity index (χ1) is 11.7. The van der Waals surface area contributed by atoms with Gasteiger partial charge in [-0.3, -0.25) is 0 Å². The van der Waals surface area contributed by atoms with Crippen LogP contribution in [0.25, 0.3) is 0 Å². The van der Waals surface area contributed by atoms with E-state index in [4.69, 9.17) is 14.2 Å². The number of carbonyl (C=O) groups excluding carboxylic acids is 1. The van der Waals surface area contributed by atoms with Crippen LogP contribution in [-0.2, 0) is 0 Å². The normalized spacial score (nSPS) is 10.3. The van der Waals surface area contributed by atoms with Crippen molar-refractivity contribution in [2.24, 2.45) is 5.10 Å². The van der Waals surface area contributed by atoms with Crippen LogP contribution in [0, 0.1) is 0 Å². The molecule has 0 radical (unpaired) electrons. The van der Waals surface area contributed by atoms with Crippen LogP contribution in [0.2, 0.25) is 0 Å². The molecule has 7 nitrogen and oxygen atoms in total. The number of rotatable bonds is 6. The van der Waals surface area contributed by atoms with Crippen LogP contribution in [-0.4, -0.2) is 33.6 Å². The van der Waals surface area contributed by atoms with E-state index in [1.807, 2.05) is 18.2 Å². The number of nitrogens with one attached hydrogen (secondary N) is 2. The van der Waals surface area contributed by atoms with Gasteiger partial charge in [-0.1, -0.05) is 18.2 Å². The summed E-state index contributed by atoms with van der Waals surface area (Å²) in [7, 11) is 4.62. The number of nitrogens with zero attached hydrogens (tertiary/aromatic N) is 1. The lowest BCUT2D eigenvalue weighted by Crippen LogP contribution is -2.24. The van der Waals surface area contributed by atoms with Gasteiger partial charge in [-0.15, -0.1) is 0 Å². The Morgan fingerprint density at radius 2 is 1.58 bits per heavy atom. The van der Waals surface area contributed by atoms with Crippen LogP contribution in [0.15, 0.2) is 47.6 Å². The molecular formula is C17H19N3O4. The molecule has 2 N–H and O–H groups in total. The van der Waals surface area contributed by atoms with Gasteiger partial charge in [0.25, 0.3) is 0 Å². The van der Waals surface area contributed by atoms with Gasteiger partial charge in [0.2, 0.25) is 0 Å². The maximum Gasteiger partial charge on any atom is 0.339 e. The number of para-hydroxylation sites is 1. The van der Waals surface area contributed by atoms with Gasteiger partial charge in [0.15, 0.2) is 11.5 Å². The average Bonchev–Trinajstić information content (AvgIpc) is 2.62. The minimum Gasteiger partial charge on any atom is -0.496 e. The van der Waals surface area contributed by atoms with E-state index < -0.39 is 6.03 Å². The van der Waals surface area contributed by atoms with E-state index >= 15 is 0 Å². The first kappa shape index (κ1) is 17.1. The molecule has 0 aromatic heterocycles. The summed E-state index contributed by atoms with van der Waals surface area (Å²) in [5.41, 5.74) is 3.70. The highest BCUT2D eigenvalue weighted by atomic mass is 16.5. The van der Waals surface area contributed by atoms with Gasteiger partial charge in [-0.25, -0.2) is 10.2 Å². The van der Waals surface area contributed by atoms with Gasteiger partial charge >= 0.3 is 6.03 Å². The van der Waals surface area contributed by atoms with Crippen LogP contribution in [0.3, 0.4) is 0 Å². The first-order valence-electron chi connectivity index (χ1n) is 7.13. The Balaban J connectivity index is 2.06. The van der Waals surface area contributed by atoms with Gasteiger partial charge in [0, 0.05) is 17.3 Å². The number of benzene rings is 2. The van der Waals surface area contributed by atoms with Crippen molar-refractivity contribution in [2.75, 3.05) is 26.6 Å². The minimum atomic E-state index is -0.447. The summed E-state index contributed by atoms with van der Waals surface area (Å²) in [6, 6.07) is 12.0. The number of urea groups is 1. The number of amides is 2. The molecular weight excluding hydrogens is 310 g/mol. The molecule has 0 aliphatic carbocycles. The number of hydrazone groups is 1. The van der Waals surface area contributed by atoms with E-state index in [0.29, 0.717) is 28.5 Å². The van der Waals surface area contributed by atoms with Gasteiger partial charge in [0.1, 0.15) is 5.75 Å². The molecule has 0 fully saturated rings. The van der Waals surface area contributed by atoms with Crippen molar-refractivity contribution >= 4 is 17.9 Å². The van der Waals surface area contributed by atoms with Crippen molar-refractivity contribution in [3.05, 3.63) is 48.0 Å². The van der Waals surface area contributed by atoms with Crippen molar-refractivity contribution in [1.82, 2.24) is 5.43 Å². The molecule has 0 aliphatic heterocycles. The van der Waals surface area contributed by atoms with E-state index in [9.17, 15) is 4.79 Å². The first-order valence-corrected chi connectivity index (χ1v) is 7.13. The lowest BCUT2D eigenvalue weighted by atomic mass is 10.2. The number of hydrogen-bond acceptors (Lipinski definition) is 5. The molecule has 0 heterocycles. The molecule has 0 spiro atoms. The standard InChI is InChI=1S/C17H19N3O4/c1-22-14-10-16(24-3)15(23-2)9-12(14)11-18-20-17(21)19-13-7-5-4-6-8-13/h4-11H,1-3H3,(H2,19,20,21)/b18-11+. The van der Waals surface area contributed by atoms with Gasteiger partial charge in [0.05, 0.1) is 27.5 Å². The zero-order valence-electron chi connectivity index (χ0n) is 13.7. The highest BCUT2D eigenvalue weighted by Gasteiger charge is 2.10. The molecule has 126 valence electrons. The number of anilines is 1. The summed E-state index contributed by atoms with van der Waals surface area (Å²) in [6.45, 7) is 0. The summed E-state index contributed by atoms with van der Waals surface area (Å²) >= 11 is 0. The molecule has 2 amide bonds. The fourth-order valence-corrected chi connectivity index (χ4v) is 1.99. The predicted octanol–water partition coefficient (Wildman–Crippen LogP) is 2.87. The second-order valence-corrected chi connectivity index (χ2v) is 4.64. The minimum absolute atomic E-state index is 0.447. The van der Waals surface area contributed by atoms with Crippen molar-refractivity contribution in [3.63, 3.8) is 0 Å². The molecule has 24 heavy (non-hydrogen) atoms. The molecule has 0 atom stereocenters. The molecule has 2 rings (SSSR count). The molecule has 7 heteroatoms. The quantitative estimate of drug-likeness (QED) is 0.631. The zero-order valence-corrected chi connectivity index (χ0v) is 13.7. The third-order valence-electron chi connectivity index (χ3n) is 3.14. The van der Waals surface area contributed by atoms with E-state index in [2.05, 4.69) is 15.8 Å². The molecule has 0 saturated carbocycles. The third-order valence-corrected chi connectivity index (χ3v) is 3.14. The van der Waals surface area contributed by atoms with Crippen LogP contribution >= 0.6 is 0 Å². The SMILES string of the molecule is COc1cc(OC)c(OC)cc1/C=N/NC(=O)Nc1ccccc1. The van der Waals surface area contributed by atoms with Crippen LogP contribution < -0.4 is 25.0 Å². The fraction of sp³-hybridized carbons (Fsp3) is 0.176. The van der Waals surface area contributed by atoms with Crippen LogP contribution in [0.1, 0.15) is 5.56 Å². The zero-order chi connectivity index (χ0) is 17.4. The summed E-state index contributed by atoms with van der Waals surface area (Å²) in [6.07, 6.45) is 1.46. The van der Waals surface area contributed by atoms with Crippen LogP contribution in [0.4, 0.5) is 10.5 Å². The maximum absolute atomic E-state index is 11.8. The van der Waals surface area contributed by atoms with Crippen molar-refractivity contribution in [3.8, 4) is 17.2 Å². The van der Waals surface area contributed by atoms with E-state index in [-0.39, 0.29) is 0 Å². The molecule has 2 aromatic carbocycles. The smallest absolute Gasteiger partial charge is 0.339 e. The highest BCUT2D eigenvalue weighted by molar-refractivity contribution is 5.91. The monoisotopic (exact) mass is 329 g/mol. The Morgan fingerprint density at radius 1 is 0.958 bits per heavy atom. The highest BCUT2D eigenvalue weighted by Crippen LogP contribution is 2.33. The van der Waals surface area contributed by atoms with E-state index in [0.717, 1.165) is 0 Å². The Labute approximate surface area is 140 Å². The Kier molecular flexibility index (Phi) is 6.01. The van der Waals surface area contributed by atoms with Gasteiger partial charge in [-0.05, 0) is 18.2 Å². The lowest BCUT2D eigenvalue weighted by Gasteiger charge is -2.11. The van der Waals surface area contributed by atoms with E-state index in [1.165, 1.54) is 20.4 Å². The molecule has 0 aliphatic rings. The molecule has 2 aromatic rings. The van der Waals surface area contributed by atoms with Crippen molar-refractivity contribution in [1.29, 1.82) is 0 Å². The Hall–Kier alpha value is -3.22. The fourth-order valence-electron chi connectivity index (χ4n) is 1.99. The topological polar surface area (TPSA) is 81.2 Å².